The number of Topliss-reactive ketones (excluding diaryl/α,β-unsaturated/α-hetero) is 1. The van der Waals surface area contributed by atoms with E-state index in [1.807, 2.05) is 29.2 Å². The van der Waals surface area contributed by atoms with Crippen LogP contribution in [0.4, 0.5) is 15.8 Å². The number of hydrogen-bond acceptors (Lipinski definition) is 5. The minimum Gasteiger partial charge on any atom is -0.366 e. The van der Waals surface area contributed by atoms with Crippen molar-refractivity contribution in [2.24, 2.45) is 0 Å². The lowest BCUT2D eigenvalue weighted by atomic mass is 10.1. The highest BCUT2D eigenvalue weighted by Gasteiger charge is 2.31. The highest BCUT2D eigenvalue weighted by molar-refractivity contribution is 8.01. The smallest absolute Gasteiger partial charge is 0.238 e. The van der Waals surface area contributed by atoms with Crippen LogP contribution in [0, 0.1) is 5.82 Å². The summed E-state index contributed by atoms with van der Waals surface area (Å²) in [5.41, 5.74) is 1.56. The van der Waals surface area contributed by atoms with Crippen LogP contribution in [0.1, 0.15) is 23.7 Å². The van der Waals surface area contributed by atoms with E-state index in [0.717, 1.165) is 10.6 Å². The third-order valence-corrected chi connectivity index (χ3v) is 6.67. The van der Waals surface area contributed by atoms with Crippen LogP contribution in [-0.2, 0) is 9.59 Å². The zero-order valence-electron chi connectivity index (χ0n) is 16.6. The molecule has 0 unspecified atom stereocenters. The Morgan fingerprint density at radius 2 is 1.87 bits per heavy atom. The number of amides is 2. The van der Waals surface area contributed by atoms with Crippen LogP contribution in [-0.4, -0.2) is 53.9 Å². The van der Waals surface area contributed by atoms with Crippen LogP contribution in [0.2, 0.25) is 0 Å². The molecule has 0 aliphatic carbocycles. The Labute approximate surface area is 178 Å². The van der Waals surface area contributed by atoms with Crippen molar-refractivity contribution in [2.45, 2.75) is 23.5 Å². The fraction of sp³-hybridized carbons (Fsp3) is 0.318. The first-order valence-electron chi connectivity index (χ1n) is 9.82. The average Bonchev–Trinajstić information content (AvgIpc) is 2.74. The van der Waals surface area contributed by atoms with Gasteiger partial charge in [0.25, 0.3) is 0 Å². The van der Waals surface area contributed by atoms with Crippen molar-refractivity contribution in [3.8, 4) is 0 Å². The molecule has 2 heterocycles. The molecular weight excluding hydrogens is 405 g/mol. The summed E-state index contributed by atoms with van der Waals surface area (Å²) in [6.07, 6.45) is 0.131. The second-order valence-corrected chi connectivity index (χ2v) is 8.63. The van der Waals surface area contributed by atoms with E-state index in [-0.39, 0.29) is 24.0 Å². The van der Waals surface area contributed by atoms with Gasteiger partial charge in [0.1, 0.15) is 5.82 Å². The molecule has 2 amide bonds. The molecule has 1 fully saturated rings. The first-order valence-corrected chi connectivity index (χ1v) is 10.7. The highest BCUT2D eigenvalue weighted by Crippen LogP contribution is 2.36. The van der Waals surface area contributed by atoms with E-state index < -0.39 is 11.1 Å². The lowest BCUT2D eigenvalue weighted by Gasteiger charge is -2.37. The average molecular weight is 428 g/mol. The van der Waals surface area contributed by atoms with Crippen molar-refractivity contribution >= 4 is 40.7 Å². The zero-order chi connectivity index (χ0) is 21.3. The highest BCUT2D eigenvalue weighted by atomic mass is 32.2. The van der Waals surface area contributed by atoms with Gasteiger partial charge in [0.05, 0.1) is 16.6 Å². The number of benzene rings is 2. The zero-order valence-corrected chi connectivity index (χ0v) is 17.4. The van der Waals surface area contributed by atoms with E-state index in [1.54, 1.807) is 17.0 Å². The summed E-state index contributed by atoms with van der Waals surface area (Å²) in [5.74, 6) is -0.841. The van der Waals surface area contributed by atoms with Crippen molar-refractivity contribution in [1.82, 2.24) is 4.90 Å². The molecule has 2 aliphatic rings. The Balaban J connectivity index is 1.35. The normalized spacial score (nSPS) is 18.6. The molecule has 1 atom stereocenters. The maximum Gasteiger partial charge on any atom is 0.238 e. The number of para-hydroxylation sites is 1. The number of halogens is 1. The van der Waals surface area contributed by atoms with Gasteiger partial charge in [-0.05, 0) is 37.3 Å². The molecule has 2 aliphatic heterocycles. The lowest BCUT2D eigenvalue weighted by Crippen LogP contribution is -2.50. The quantitative estimate of drug-likeness (QED) is 0.759. The second kappa shape index (κ2) is 8.47. The number of carbonyl (C=O) groups excluding carboxylic acids is 3. The van der Waals surface area contributed by atoms with Crippen molar-refractivity contribution in [3.05, 3.63) is 53.8 Å². The number of rotatable bonds is 4. The fourth-order valence-electron chi connectivity index (χ4n) is 3.69. The molecule has 0 aromatic heterocycles. The van der Waals surface area contributed by atoms with Gasteiger partial charge in [0, 0.05) is 43.1 Å². The minimum atomic E-state index is -0.456. The van der Waals surface area contributed by atoms with Crippen LogP contribution in [0.3, 0.4) is 0 Å². The van der Waals surface area contributed by atoms with Crippen molar-refractivity contribution < 1.29 is 18.8 Å². The SMILES string of the molecule is CC(=O)c1ccc(N2CCN(C(=O)C[C@@H]3Sc4ccccc4NC3=O)CC2)c(F)c1. The lowest BCUT2D eigenvalue weighted by molar-refractivity contribution is -0.132. The molecule has 4 rings (SSSR count). The standard InChI is InChI=1S/C22H22FN3O3S/c1-14(27)15-6-7-18(16(23)12-15)25-8-10-26(11-9-25)21(28)13-20-22(29)24-17-4-2-3-5-19(17)30-20/h2-7,12,20H,8-11,13H2,1H3,(H,24,29)/t20-/m0/s1. The molecule has 30 heavy (non-hydrogen) atoms. The largest absolute Gasteiger partial charge is 0.366 e. The third kappa shape index (κ3) is 4.18. The summed E-state index contributed by atoms with van der Waals surface area (Å²) in [5, 5.41) is 2.40. The third-order valence-electron chi connectivity index (χ3n) is 5.39. The van der Waals surface area contributed by atoms with Gasteiger partial charge >= 0.3 is 0 Å². The molecule has 6 nitrogen and oxygen atoms in total. The summed E-state index contributed by atoms with van der Waals surface area (Å²) in [7, 11) is 0. The van der Waals surface area contributed by atoms with Gasteiger partial charge < -0.3 is 15.1 Å². The summed E-state index contributed by atoms with van der Waals surface area (Å²) in [6, 6.07) is 12.0. The van der Waals surface area contributed by atoms with E-state index in [9.17, 15) is 18.8 Å². The topological polar surface area (TPSA) is 69.7 Å². The maximum absolute atomic E-state index is 14.4. The van der Waals surface area contributed by atoms with Crippen LogP contribution in [0.5, 0.6) is 0 Å². The van der Waals surface area contributed by atoms with Crippen molar-refractivity contribution in [3.63, 3.8) is 0 Å². The Bertz CT molecular complexity index is 1000. The van der Waals surface area contributed by atoms with Crippen LogP contribution in [0.25, 0.3) is 0 Å². The van der Waals surface area contributed by atoms with E-state index >= 15 is 0 Å². The number of hydrogen-bond donors (Lipinski definition) is 1. The van der Waals surface area contributed by atoms with Crippen LogP contribution in [0.15, 0.2) is 47.4 Å². The van der Waals surface area contributed by atoms with Crippen molar-refractivity contribution in [2.75, 3.05) is 36.4 Å². The number of fused-ring (bicyclic) bond motifs is 1. The van der Waals surface area contributed by atoms with Crippen LogP contribution >= 0.6 is 11.8 Å². The molecule has 1 N–H and O–H groups in total. The molecule has 156 valence electrons. The van der Waals surface area contributed by atoms with Gasteiger partial charge in [-0.15, -0.1) is 11.8 Å². The van der Waals surface area contributed by atoms with Crippen molar-refractivity contribution in [1.29, 1.82) is 0 Å². The summed E-state index contributed by atoms with van der Waals surface area (Å²) >= 11 is 1.41. The maximum atomic E-state index is 14.4. The fourth-order valence-corrected chi connectivity index (χ4v) is 4.80. The van der Waals surface area contributed by atoms with Gasteiger partial charge in [-0.2, -0.15) is 0 Å². The van der Waals surface area contributed by atoms with E-state index in [4.69, 9.17) is 0 Å². The predicted octanol–water partition coefficient (Wildman–Crippen LogP) is 3.18. The number of nitrogens with zero attached hydrogens (tertiary/aromatic N) is 2. The first-order chi connectivity index (χ1) is 14.4. The molecule has 0 bridgehead atoms. The number of nitrogens with one attached hydrogen (secondary N) is 1. The minimum absolute atomic E-state index is 0.0749. The number of thioether (sulfide) groups is 1. The molecular formula is C22H22FN3O3S. The first kappa shape index (κ1) is 20.4. The summed E-state index contributed by atoms with van der Waals surface area (Å²) < 4.78 is 14.4. The molecule has 0 saturated carbocycles. The Hall–Kier alpha value is -2.87. The van der Waals surface area contributed by atoms with Gasteiger partial charge in [0.2, 0.25) is 11.8 Å². The van der Waals surface area contributed by atoms with Gasteiger partial charge in [-0.25, -0.2) is 4.39 Å². The van der Waals surface area contributed by atoms with Gasteiger partial charge in [0.15, 0.2) is 5.78 Å². The summed E-state index contributed by atoms with van der Waals surface area (Å²) in [4.78, 5) is 41.1. The van der Waals surface area contributed by atoms with Gasteiger partial charge in [-0.3, -0.25) is 14.4 Å². The monoisotopic (exact) mass is 427 g/mol. The van der Waals surface area contributed by atoms with E-state index in [1.165, 1.54) is 24.8 Å². The number of anilines is 2. The summed E-state index contributed by atoms with van der Waals surface area (Å²) in [6.45, 7) is 3.32. The predicted molar refractivity (Wildman–Crippen MR) is 115 cm³/mol. The molecule has 2 aromatic rings. The Morgan fingerprint density at radius 3 is 2.57 bits per heavy atom. The molecule has 0 spiro atoms. The van der Waals surface area contributed by atoms with E-state index in [2.05, 4.69) is 5.32 Å². The Morgan fingerprint density at radius 1 is 1.13 bits per heavy atom. The molecule has 8 heteroatoms. The molecule has 0 radical (unpaired) electrons. The number of piperazine rings is 1. The van der Waals surface area contributed by atoms with Crippen LogP contribution < -0.4 is 10.2 Å². The Kier molecular flexibility index (Phi) is 5.76. The number of carbonyl (C=O) groups is 3. The molecule has 1 saturated heterocycles. The molecule has 2 aromatic carbocycles. The van der Waals surface area contributed by atoms with E-state index in [0.29, 0.717) is 37.4 Å². The number of ketones is 1. The second-order valence-electron chi connectivity index (χ2n) is 7.39. The van der Waals surface area contributed by atoms with Gasteiger partial charge in [-0.1, -0.05) is 12.1 Å².